The van der Waals surface area contributed by atoms with Crippen molar-refractivity contribution in [1.29, 1.82) is 0 Å². The zero-order valence-electron chi connectivity index (χ0n) is 35.3. The molecule has 6 aromatic carbocycles. The Bertz CT molecular complexity index is 3100. The van der Waals surface area contributed by atoms with Crippen molar-refractivity contribution < 1.29 is 0 Å². The van der Waals surface area contributed by atoms with Crippen molar-refractivity contribution in [3.05, 3.63) is 263 Å². The molecule has 10 rings (SSSR count). The molecule has 0 radical (unpaired) electrons. The highest BCUT2D eigenvalue weighted by Crippen LogP contribution is 2.46. The minimum atomic E-state index is -0.746. The van der Waals surface area contributed by atoms with Crippen LogP contribution >= 0.6 is 68.4 Å². The van der Waals surface area contributed by atoms with Gasteiger partial charge in [-0.25, -0.2) is 14.3 Å². The van der Waals surface area contributed by atoms with Crippen LogP contribution in [0.4, 0.5) is 0 Å². The van der Waals surface area contributed by atoms with E-state index >= 15 is 0 Å². The summed E-state index contributed by atoms with van der Waals surface area (Å²) >= 11 is 18.1. The molecule has 0 saturated carbocycles. The van der Waals surface area contributed by atoms with Crippen LogP contribution < -0.4 is 0 Å². The lowest BCUT2D eigenvalue weighted by molar-refractivity contribution is 0.473. The Morgan fingerprint density at radius 3 is 1.58 bits per heavy atom. The molecule has 0 aliphatic heterocycles. The van der Waals surface area contributed by atoms with E-state index in [1.807, 2.05) is 98.3 Å². The van der Waals surface area contributed by atoms with Crippen LogP contribution in [0, 0.1) is 7.27 Å². The van der Waals surface area contributed by atoms with Gasteiger partial charge in [0, 0.05) is 58.3 Å². The highest BCUT2D eigenvalue weighted by atomic mass is 127. The molecular weight excluding hydrogens is 1070 g/mol. The third kappa shape index (κ3) is 8.35. The SMILES string of the molecule is CN(C)/C=C/c1nc(Cl)cc2c1c(I)nn2C(c1ccccc1)(c1ccccc1)c1ccccc1.Clc1ccc(I)cc1C(c1ccccc1)(c1ccccc1)n1ncc2cnccc21. The van der Waals surface area contributed by atoms with Gasteiger partial charge < -0.3 is 4.90 Å². The summed E-state index contributed by atoms with van der Waals surface area (Å²) in [5.74, 6) is 0. The van der Waals surface area contributed by atoms with Crippen molar-refractivity contribution in [3.63, 3.8) is 0 Å². The lowest BCUT2D eigenvalue weighted by Gasteiger charge is -2.37. The predicted molar refractivity (Wildman–Crippen MR) is 282 cm³/mol. The third-order valence-electron chi connectivity index (χ3n) is 11.4. The maximum absolute atomic E-state index is 6.89. The highest BCUT2D eigenvalue weighted by Gasteiger charge is 2.43. The summed E-state index contributed by atoms with van der Waals surface area (Å²) in [7, 11) is 3.97. The van der Waals surface area contributed by atoms with Crippen molar-refractivity contribution in [2.75, 3.05) is 14.1 Å². The van der Waals surface area contributed by atoms with Gasteiger partial charge >= 0.3 is 0 Å². The van der Waals surface area contributed by atoms with Gasteiger partial charge in [-0.1, -0.05) is 175 Å². The van der Waals surface area contributed by atoms with Crippen molar-refractivity contribution in [2.45, 2.75) is 11.1 Å². The Kier molecular flexibility index (Phi) is 13.2. The standard InChI is InChI=1S/C29H24ClIN4.C25H17ClIN3/c1-34(2)19-18-24-27-25(20-26(30)32-24)35(33-28(27)31)29(21-12-6-3-7-13-21,22-14-8-4-9-15-22)23-16-10-5-11-17-23;26-23-12-11-21(27)15-22(23)25(19-7-3-1-4-8-19,20-9-5-2-6-10-20)30-24-13-14-28-16-18(24)17-29-30/h3-20H,1-2H3;1-17H/b19-18+;. The number of nitrogens with zero attached hydrogens (tertiary/aromatic N) is 7. The van der Waals surface area contributed by atoms with Crippen molar-refractivity contribution >= 4 is 96.3 Å². The molecule has 4 heterocycles. The Morgan fingerprint density at radius 2 is 1.08 bits per heavy atom. The molecule has 0 spiro atoms. The number of halogens is 4. The van der Waals surface area contributed by atoms with Crippen LogP contribution in [-0.2, 0) is 11.1 Å². The molecule has 0 aliphatic carbocycles. The van der Waals surface area contributed by atoms with E-state index in [-0.39, 0.29) is 0 Å². The van der Waals surface area contributed by atoms with E-state index in [9.17, 15) is 0 Å². The van der Waals surface area contributed by atoms with Crippen LogP contribution in [0.3, 0.4) is 0 Å². The molecule has 11 heteroatoms. The van der Waals surface area contributed by atoms with Crippen LogP contribution in [0.1, 0.15) is 39.1 Å². The molecule has 10 aromatic rings. The topological polar surface area (TPSA) is 64.7 Å². The van der Waals surface area contributed by atoms with Crippen LogP contribution in [0.5, 0.6) is 0 Å². The lowest BCUT2D eigenvalue weighted by Crippen LogP contribution is -2.39. The summed E-state index contributed by atoms with van der Waals surface area (Å²) in [6.45, 7) is 0. The Balaban J connectivity index is 0.000000166. The van der Waals surface area contributed by atoms with E-state index in [1.165, 1.54) is 0 Å². The van der Waals surface area contributed by atoms with Crippen LogP contribution in [0.25, 0.3) is 27.9 Å². The first kappa shape index (κ1) is 44.3. The normalized spacial score (nSPS) is 11.8. The second kappa shape index (κ2) is 19.3. The van der Waals surface area contributed by atoms with E-state index in [0.29, 0.717) is 10.2 Å². The Morgan fingerprint density at radius 1 is 0.569 bits per heavy atom. The molecule has 0 fully saturated rings. The average Bonchev–Trinajstić information content (AvgIpc) is 3.93. The predicted octanol–water partition coefficient (Wildman–Crippen LogP) is 13.6. The van der Waals surface area contributed by atoms with Gasteiger partial charge in [-0.3, -0.25) is 4.98 Å². The zero-order valence-corrected chi connectivity index (χ0v) is 41.2. The molecule has 0 unspecified atom stereocenters. The molecule has 0 aliphatic rings. The summed E-state index contributed by atoms with van der Waals surface area (Å²) in [5, 5.41) is 13.1. The fourth-order valence-corrected chi connectivity index (χ4v) is 10.4. The van der Waals surface area contributed by atoms with Gasteiger partial charge in [0.25, 0.3) is 0 Å². The number of pyridine rings is 2. The molecule has 65 heavy (non-hydrogen) atoms. The molecule has 4 aromatic heterocycles. The van der Waals surface area contributed by atoms with Gasteiger partial charge in [-0.05, 0) is 103 Å². The molecule has 0 atom stereocenters. The van der Waals surface area contributed by atoms with Gasteiger partial charge in [0.05, 0.1) is 28.3 Å². The van der Waals surface area contributed by atoms with Crippen molar-refractivity contribution in [2.24, 2.45) is 0 Å². The first-order valence-electron chi connectivity index (χ1n) is 20.8. The molecule has 0 saturated heterocycles. The van der Waals surface area contributed by atoms with E-state index in [2.05, 4.69) is 192 Å². The van der Waals surface area contributed by atoms with Gasteiger partial charge in [0.15, 0.2) is 0 Å². The summed E-state index contributed by atoms with van der Waals surface area (Å²) in [6.07, 6.45) is 9.47. The maximum atomic E-state index is 6.89. The third-order valence-corrected chi connectivity index (χ3v) is 13.4. The lowest BCUT2D eigenvalue weighted by atomic mass is 9.77. The zero-order chi connectivity index (χ0) is 45.0. The van der Waals surface area contributed by atoms with Crippen molar-refractivity contribution in [3.8, 4) is 0 Å². The first-order valence-corrected chi connectivity index (χ1v) is 23.8. The second-order valence-corrected chi connectivity index (χ2v) is 18.6. The van der Waals surface area contributed by atoms with E-state index in [4.69, 9.17) is 33.4 Å². The van der Waals surface area contributed by atoms with Gasteiger partial charge in [-0.15, -0.1) is 0 Å². The number of hydrogen-bond donors (Lipinski definition) is 0. The fourth-order valence-electron chi connectivity index (χ4n) is 8.70. The number of rotatable bonds is 10. The van der Waals surface area contributed by atoms with Gasteiger partial charge in [0.2, 0.25) is 0 Å². The molecule has 0 bridgehead atoms. The molecule has 0 amide bonds. The molecule has 0 N–H and O–H groups in total. The molecular formula is C54H41Cl2I2N7. The van der Waals surface area contributed by atoms with Crippen LogP contribution in [0.15, 0.2) is 207 Å². The quantitative estimate of drug-likeness (QED) is 0.0776. The van der Waals surface area contributed by atoms with E-state index in [1.54, 1.807) is 6.20 Å². The number of aromatic nitrogens is 6. The van der Waals surface area contributed by atoms with Gasteiger partial charge in [0.1, 0.15) is 19.9 Å². The highest BCUT2D eigenvalue weighted by molar-refractivity contribution is 14.1. The first-order chi connectivity index (χ1) is 31.7. The van der Waals surface area contributed by atoms with Crippen molar-refractivity contribution in [1.82, 2.24) is 34.4 Å². The fraction of sp³-hybridized carbons (Fsp3) is 0.0741. The Hall–Kier alpha value is -5.86. The number of fused-ring (bicyclic) bond motifs is 2. The van der Waals surface area contributed by atoms with Crippen LogP contribution in [0.2, 0.25) is 10.2 Å². The van der Waals surface area contributed by atoms with E-state index in [0.717, 1.165) is 68.2 Å². The number of hydrogen-bond acceptors (Lipinski definition) is 5. The minimum Gasteiger partial charge on any atom is -0.383 e. The smallest absolute Gasteiger partial charge is 0.140 e. The summed E-state index contributed by atoms with van der Waals surface area (Å²) in [4.78, 5) is 10.9. The average molecular weight is 1110 g/mol. The second-order valence-electron chi connectivity index (χ2n) is 15.6. The summed E-state index contributed by atoms with van der Waals surface area (Å²) in [6, 6.07) is 62.5. The number of benzene rings is 6. The largest absolute Gasteiger partial charge is 0.383 e. The minimum absolute atomic E-state index is 0.427. The maximum Gasteiger partial charge on any atom is 0.140 e. The molecule has 7 nitrogen and oxygen atoms in total. The summed E-state index contributed by atoms with van der Waals surface area (Å²) < 4.78 is 6.17. The van der Waals surface area contributed by atoms with E-state index < -0.39 is 11.1 Å². The van der Waals surface area contributed by atoms with Crippen LogP contribution in [-0.4, -0.2) is 48.5 Å². The Labute approximate surface area is 415 Å². The summed E-state index contributed by atoms with van der Waals surface area (Å²) in [5.41, 5.74) is 7.71. The molecule has 320 valence electrons. The monoisotopic (exact) mass is 1110 g/mol. The van der Waals surface area contributed by atoms with Gasteiger partial charge in [-0.2, -0.15) is 10.2 Å².